The van der Waals surface area contributed by atoms with Gasteiger partial charge >= 0.3 is 0 Å². The highest BCUT2D eigenvalue weighted by Crippen LogP contribution is 2.17. The van der Waals surface area contributed by atoms with Crippen LogP contribution in [0.15, 0.2) is 35.5 Å². The monoisotopic (exact) mass is 341 g/mol. The van der Waals surface area contributed by atoms with Crippen LogP contribution >= 0.6 is 0 Å². The van der Waals surface area contributed by atoms with Crippen molar-refractivity contribution in [2.45, 2.75) is 58.0 Å². The maximum absolute atomic E-state index is 4.72. The molecule has 0 unspecified atom stereocenters. The third-order valence-corrected chi connectivity index (χ3v) is 4.85. The van der Waals surface area contributed by atoms with Gasteiger partial charge in [-0.3, -0.25) is 0 Å². The summed E-state index contributed by atoms with van der Waals surface area (Å²) < 4.78 is 0. The summed E-state index contributed by atoms with van der Waals surface area (Å²) in [6.07, 6.45) is 13.8. The molecule has 0 spiro atoms. The van der Waals surface area contributed by atoms with E-state index in [1.165, 1.54) is 25.7 Å². The van der Waals surface area contributed by atoms with Crippen LogP contribution in [0.1, 0.15) is 51.0 Å². The molecule has 1 aromatic heterocycles. The number of hydrogen-bond donors (Lipinski definition) is 2. The molecule has 3 rings (SSSR count). The van der Waals surface area contributed by atoms with Gasteiger partial charge in [0.25, 0.3) is 0 Å². The normalized spacial score (nSPS) is 19.1. The molecule has 5 nitrogen and oxygen atoms in total. The van der Waals surface area contributed by atoms with Crippen molar-refractivity contribution in [2.24, 2.45) is 4.99 Å². The second kappa shape index (κ2) is 9.44. The van der Waals surface area contributed by atoms with E-state index in [-0.39, 0.29) is 0 Å². The summed E-state index contributed by atoms with van der Waals surface area (Å²) in [5, 5.41) is 6.84. The summed E-state index contributed by atoms with van der Waals surface area (Å²) in [5.41, 5.74) is 1.15. The molecule has 0 bridgehead atoms. The average molecular weight is 342 g/mol. The van der Waals surface area contributed by atoms with Crippen molar-refractivity contribution >= 4 is 11.8 Å². The summed E-state index contributed by atoms with van der Waals surface area (Å²) >= 11 is 0. The molecular weight excluding hydrogens is 310 g/mol. The second-order valence-electron chi connectivity index (χ2n) is 6.91. The predicted octanol–water partition coefficient (Wildman–Crippen LogP) is 3.24. The molecule has 5 heteroatoms. The van der Waals surface area contributed by atoms with Crippen molar-refractivity contribution in [1.29, 1.82) is 0 Å². The van der Waals surface area contributed by atoms with E-state index in [4.69, 9.17) is 4.99 Å². The minimum atomic E-state index is 0.473. The minimum absolute atomic E-state index is 0.473. The van der Waals surface area contributed by atoms with E-state index in [1.807, 2.05) is 6.20 Å². The second-order valence-corrected chi connectivity index (χ2v) is 6.91. The molecule has 0 atom stereocenters. The molecule has 1 aliphatic carbocycles. The van der Waals surface area contributed by atoms with Crippen LogP contribution in [0.3, 0.4) is 0 Å². The Labute approximate surface area is 151 Å². The molecular formula is C20H31N5. The molecule has 1 fully saturated rings. The van der Waals surface area contributed by atoms with E-state index in [0.29, 0.717) is 12.6 Å². The Bertz CT molecular complexity index is 562. The minimum Gasteiger partial charge on any atom is -0.357 e. The van der Waals surface area contributed by atoms with Gasteiger partial charge in [-0.15, -0.1) is 0 Å². The standard InChI is InChI=1S/C20H31N5/c1-2-21-20(24-18-9-5-6-10-18)23-16-17-11-12-19(22-15-17)25-13-7-3-4-8-14-25/h5-6,11-12,15,18H,2-4,7-10,13-14,16H2,1H3,(H2,21,23,24). The zero-order valence-electron chi connectivity index (χ0n) is 15.4. The highest BCUT2D eigenvalue weighted by atomic mass is 15.2. The lowest BCUT2D eigenvalue weighted by atomic mass is 10.2. The quantitative estimate of drug-likeness (QED) is 0.490. The number of anilines is 1. The van der Waals surface area contributed by atoms with Crippen LogP contribution < -0.4 is 15.5 Å². The molecule has 136 valence electrons. The highest BCUT2D eigenvalue weighted by molar-refractivity contribution is 5.80. The smallest absolute Gasteiger partial charge is 0.191 e. The fraction of sp³-hybridized carbons (Fsp3) is 0.600. The number of aromatic nitrogens is 1. The summed E-state index contributed by atoms with van der Waals surface area (Å²) in [4.78, 5) is 11.8. The Kier molecular flexibility index (Phi) is 6.71. The molecule has 0 saturated carbocycles. The summed E-state index contributed by atoms with van der Waals surface area (Å²) in [5.74, 6) is 2.00. The Morgan fingerprint density at radius 2 is 1.92 bits per heavy atom. The van der Waals surface area contributed by atoms with Crippen molar-refractivity contribution in [3.8, 4) is 0 Å². The summed E-state index contributed by atoms with van der Waals surface area (Å²) in [6.45, 7) is 5.89. The third-order valence-electron chi connectivity index (χ3n) is 4.85. The van der Waals surface area contributed by atoms with E-state index in [2.05, 4.69) is 51.7 Å². The SMILES string of the molecule is CCNC(=NCc1ccc(N2CCCCCC2)nc1)NC1CC=CC1. The van der Waals surface area contributed by atoms with E-state index in [0.717, 1.165) is 49.8 Å². The van der Waals surface area contributed by atoms with Gasteiger partial charge in [0.05, 0.1) is 6.54 Å². The summed E-state index contributed by atoms with van der Waals surface area (Å²) in [7, 11) is 0. The van der Waals surface area contributed by atoms with Crippen LogP contribution in [-0.4, -0.2) is 36.6 Å². The molecule has 0 amide bonds. The Morgan fingerprint density at radius 3 is 2.56 bits per heavy atom. The first kappa shape index (κ1) is 17.8. The molecule has 0 aromatic carbocycles. The topological polar surface area (TPSA) is 52.6 Å². The van der Waals surface area contributed by atoms with Gasteiger partial charge in [-0.25, -0.2) is 9.98 Å². The van der Waals surface area contributed by atoms with E-state index < -0.39 is 0 Å². The van der Waals surface area contributed by atoms with Crippen LogP contribution in [0.4, 0.5) is 5.82 Å². The van der Waals surface area contributed by atoms with Gasteiger partial charge in [0, 0.05) is 31.9 Å². The van der Waals surface area contributed by atoms with Gasteiger partial charge in [0.1, 0.15) is 5.82 Å². The first-order chi connectivity index (χ1) is 12.3. The highest BCUT2D eigenvalue weighted by Gasteiger charge is 2.12. The van der Waals surface area contributed by atoms with Crippen molar-refractivity contribution in [3.05, 3.63) is 36.0 Å². The van der Waals surface area contributed by atoms with Crippen LogP contribution in [-0.2, 0) is 6.54 Å². The fourth-order valence-corrected chi connectivity index (χ4v) is 3.42. The Morgan fingerprint density at radius 1 is 1.16 bits per heavy atom. The molecule has 1 aliphatic heterocycles. The Hall–Kier alpha value is -2.04. The molecule has 2 heterocycles. The van der Waals surface area contributed by atoms with E-state index in [1.54, 1.807) is 0 Å². The number of nitrogens with zero attached hydrogens (tertiary/aromatic N) is 3. The molecule has 2 N–H and O–H groups in total. The average Bonchev–Trinajstić information content (AvgIpc) is 3.00. The number of rotatable bonds is 5. The lowest BCUT2D eigenvalue weighted by Gasteiger charge is -2.21. The number of hydrogen-bond acceptors (Lipinski definition) is 3. The van der Waals surface area contributed by atoms with Gasteiger partial charge in [0.15, 0.2) is 5.96 Å². The van der Waals surface area contributed by atoms with Crippen LogP contribution in [0.2, 0.25) is 0 Å². The first-order valence-corrected chi connectivity index (χ1v) is 9.75. The number of nitrogens with one attached hydrogen (secondary N) is 2. The summed E-state index contributed by atoms with van der Waals surface area (Å²) in [6, 6.07) is 4.79. The number of guanidine groups is 1. The zero-order chi connectivity index (χ0) is 17.3. The first-order valence-electron chi connectivity index (χ1n) is 9.75. The predicted molar refractivity (Wildman–Crippen MR) is 105 cm³/mol. The van der Waals surface area contributed by atoms with Crippen LogP contribution in [0.5, 0.6) is 0 Å². The molecule has 25 heavy (non-hydrogen) atoms. The lowest BCUT2D eigenvalue weighted by molar-refractivity contribution is 0.633. The van der Waals surface area contributed by atoms with Gasteiger partial charge in [-0.05, 0) is 44.2 Å². The lowest BCUT2D eigenvalue weighted by Crippen LogP contribution is -2.42. The maximum atomic E-state index is 4.72. The molecule has 1 aromatic rings. The molecule has 0 radical (unpaired) electrons. The van der Waals surface area contributed by atoms with Crippen LogP contribution in [0.25, 0.3) is 0 Å². The van der Waals surface area contributed by atoms with Gasteiger partial charge in [0.2, 0.25) is 0 Å². The largest absolute Gasteiger partial charge is 0.357 e. The van der Waals surface area contributed by atoms with Gasteiger partial charge in [-0.1, -0.05) is 31.1 Å². The molecule has 2 aliphatic rings. The van der Waals surface area contributed by atoms with E-state index in [9.17, 15) is 0 Å². The number of pyridine rings is 1. The van der Waals surface area contributed by atoms with Crippen LogP contribution in [0, 0.1) is 0 Å². The molecule has 1 saturated heterocycles. The van der Waals surface area contributed by atoms with Gasteiger partial charge in [-0.2, -0.15) is 0 Å². The van der Waals surface area contributed by atoms with Crippen molar-refractivity contribution in [1.82, 2.24) is 15.6 Å². The van der Waals surface area contributed by atoms with Crippen molar-refractivity contribution < 1.29 is 0 Å². The Balaban J connectivity index is 1.56. The fourth-order valence-electron chi connectivity index (χ4n) is 3.42. The van der Waals surface area contributed by atoms with Crippen molar-refractivity contribution in [3.63, 3.8) is 0 Å². The zero-order valence-corrected chi connectivity index (χ0v) is 15.4. The van der Waals surface area contributed by atoms with Crippen molar-refractivity contribution in [2.75, 3.05) is 24.5 Å². The number of aliphatic imine (C=N–C) groups is 1. The van der Waals surface area contributed by atoms with Gasteiger partial charge < -0.3 is 15.5 Å². The third kappa shape index (κ3) is 5.48. The van der Waals surface area contributed by atoms with E-state index >= 15 is 0 Å². The maximum Gasteiger partial charge on any atom is 0.191 e.